The van der Waals surface area contributed by atoms with Crippen LogP contribution in [0.15, 0.2) is 18.2 Å². The third-order valence-electron chi connectivity index (χ3n) is 3.15. The van der Waals surface area contributed by atoms with Crippen LogP contribution in [0.3, 0.4) is 0 Å². The Labute approximate surface area is 94.7 Å². The molecule has 1 atom stereocenters. The summed E-state index contributed by atoms with van der Waals surface area (Å²) < 4.78 is 13.0. The zero-order valence-corrected chi connectivity index (χ0v) is 9.19. The van der Waals surface area contributed by atoms with Gasteiger partial charge in [-0.15, -0.1) is 0 Å². The van der Waals surface area contributed by atoms with Gasteiger partial charge in [-0.1, -0.05) is 0 Å². The Hall–Kier alpha value is -1.29. The van der Waals surface area contributed by atoms with Crippen molar-refractivity contribution in [1.29, 1.82) is 0 Å². The lowest BCUT2D eigenvalue weighted by Crippen LogP contribution is -2.29. The predicted molar refractivity (Wildman–Crippen MR) is 62.9 cm³/mol. The summed E-state index contributed by atoms with van der Waals surface area (Å²) in [5.74, 6) is -0.373. The molecule has 0 bridgehead atoms. The maximum atomic E-state index is 13.0. The van der Waals surface area contributed by atoms with Crippen molar-refractivity contribution in [2.24, 2.45) is 0 Å². The van der Waals surface area contributed by atoms with Crippen LogP contribution in [-0.2, 0) is 0 Å². The topological polar surface area (TPSA) is 49.5 Å². The average molecular weight is 224 g/mol. The molecule has 3 N–H and O–H groups in total. The van der Waals surface area contributed by atoms with Gasteiger partial charge in [-0.3, -0.25) is 0 Å². The van der Waals surface area contributed by atoms with Gasteiger partial charge >= 0.3 is 0 Å². The highest BCUT2D eigenvalue weighted by Gasteiger charge is 2.24. The number of nitrogens with zero attached hydrogens (tertiary/aromatic N) is 1. The fourth-order valence-corrected chi connectivity index (χ4v) is 2.33. The van der Waals surface area contributed by atoms with E-state index in [0.29, 0.717) is 6.04 Å². The Morgan fingerprint density at radius 2 is 2.31 bits per heavy atom. The second-order valence-electron chi connectivity index (χ2n) is 4.21. The summed E-state index contributed by atoms with van der Waals surface area (Å²) >= 11 is 0. The molecule has 1 aliphatic heterocycles. The molecule has 1 unspecified atom stereocenters. The van der Waals surface area contributed by atoms with E-state index in [2.05, 4.69) is 4.90 Å². The SMILES string of the molecule is Nc1cc(N2CCCC2CCO)ccc1F. The van der Waals surface area contributed by atoms with Crippen molar-refractivity contribution in [3.05, 3.63) is 24.0 Å². The minimum absolute atomic E-state index is 0.187. The molecule has 0 radical (unpaired) electrons. The smallest absolute Gasteiger partial charge is 0.146 e. The molecule has 0 saturated carbocycles. The summed E-state index contributed by atoms with van der Waals surface area (Å²) in [6.07, 6.45) is 2.96. The first-order valence-corrected chi connectivity index (χ1v) is 5.65. The van der Waals surface area contributed by atoms with Crippen LogP contribution in [0.4, 0.5) is 15.8 Å². The van der Waals surface area contributed by atoms with Gasteiger partial charge in [0.05, 0.1) is 5.69 Å². The first-order valence-electron chi connectivity index (χ1n) is 5.65. The molecule has 1 saturated heterocycles. The Kier molecular flexibility index (Phi) is 3.29. The Balaban J connectivity index is 2.19. The third-order valence-corrected chi connectivity index (χ3v) is 3.15. The van der Waals surface area contributed by atoms with Crippen LogP contribution < -0.4 is 10.6 Å². The minimum atomic E-state index is -0.373. The van der Waals surface area contributed by atoms with Gasteiger partial charge < -0.3 is 15.7 Å². The van der Waals surface area contributed by atoms with Gasteiger partial charge in [-0.25, -0.2) is 4.39 Å². The molecule has 1 aromatic carbocycles. The molecular formula is C12H17FN2O. The van der Waals surface area contributed by atoms with Gasteiger partial charge in [0.2, 0.25) is 0 Å². The first kappa shape index (κ1) is 11.2. The number of aliphatic hydroxyl groups excluding tert-OH is 1. The van der Waals surface area contributed by atoms with E-state index < -0.39 is 0 Å². The van der Waals surface area contributed by atoms with Crippen molar-refractivity contribution < 1.29 is 9.50 Å². The van der Waals surface area contributed by atoms with Crippen molar-refractivity contribution in [2.45, 2.75) is 25.3 Å². The standard InChI is InChI=1S/C12H17FN2O/c13-11-4-3-10(8-12(11)14)15-6-1-2-9(15)5-7-16/h3-4,8-9,16H,1-2,5-7,14H2. The Morgan fingerprint density at radius 3 is 3.00 bits per heavy atom. The molecule has 16 heavy (non-hydrogen) atoms. The van der Waals surface area contributed by atoms with E-state index in [9.17, 15) is 4.39 Å². The predicted octanol–water partition coefficient (Wildman–Crippen LogP) is 1.76. The molecule has 0 aliphatic carbocycles. The van der Waals surface area contributed by atoms with Crippen molar-refractivity contribution in [3.63, 3.8) is 0 Å². The number of halogens is 1. The molecule has 1 heterocycles. The molecule has 1 aliphatic rings. The van der Waals surface area contributed by atoms with Crippen molar-refractivity contribution in [3.8, 4) is 0 Å². The van der Waals surface area contributed by atoms with Crippen LogP contribution in [0.5, 0.6) is 0 Å². The van der Waals surface area contributed by atoms with Crippen molar-refractivity contribution in [2.75, 3.05) is 23.8 Å². The zero-order chi connectivity index (χ0) is 11.5. The molecule has 1 fully saturated rings. The largest absolute Gasteiger partial charge is 0.396 e. The fourth-order valence-electron chi connectivity index (χ4n) is 2.33. The number of hydrogen-bond donors (Lipinski definition) is 2. The van der Waals surface area contributed by atoms with Gasteiger partial charge in [0, 0.05) is 24.9 Å². The van der Waals surface area contributed by atoms with E-state index in [1.165, 1.54) is 6.07 Å². The molecule has 0 spiro atoms. The van der Waals surface area contributed by atoms with Crippen LogP contribution >= 0.6 is 0 Å². The summed E-state index contributed by atoms with van der Waals surface area (Å²) in [5, 5.41) is 8.98. The lowest BCUT2D eigenvalue weighted by molar-refractivity contribution is 0.276. The number of rotatable bonds is 3. The van der Waals surface area contributed by atoms with Crippen LogP contribution in [0.2, 0.25) is 0 Å². The van der Waals surface area contributed by atoms with Gasteiger partial charge in [0.1, 0.15) is 5.82 Å². The highest BCUT2D eigenvalue weighted by atomic mass is 19.1. The maximum absolute atomic E-state index is 13.0. The van der Waals surface area contributed by atoms with E-state index in [-0.39, 0.29) is 18.1 Å². The number of aliphatic hydroxyl groups is 1. The number of nitrogen functional groups attached to an aromatic ring is 1. The summed E-state index contributed by atoms with van der Waals surface area (Å²) in [6, 6.07) is 5.18. The van der Waals surface area contributed by atoms with Crippen LogP contribution in [0, 0.1) is 5.82 Å². The van der Waals surface area contributed by atoms with Gasteiger partial charge in [0.15, 0.2) is 0 Å². The fraction of sp³-hybridized carbons (Fsp3) is 0.500. The normalized spacial score (nSPS) is 20.4. The highest BCUT2D eigenvalue weighted by Crippen LogP contribution is 2.29. The third kappa shape index (κ3) is 2.11. The van der Waals surface area contributed by atoms with Crippen LogP contribution in [0.1, 0.15) is 19.3 Å². The van der Waals surface area contributed by atoms with Gasteiger partial charge in [0.25, 0.3) is 0 Å². The number of hydrogen-bond acceptors (Lipinski definition) is 3. The number of anilines is 2. The van der Waals surface area contributed by atoms with Crippen molar-refractivity contribution >= 4 is 11.4 Å². The summed E-state index contributed by atoms with van der Waals surface area (Å²) in [6.45, 7) is 1.15. The molecule has 4 heteroatoms. The number of benzene rings is 1. The van der Waals surface area contributed by atoms with Crippen molar-refractivity contribution in [1.82, 2.24) is 0 Å². The number of nitrogens with two attached hydrogens (primary N) is 1. The monoisotopic (exact) mass is 224 g/mol. The molecule has 0 amide bonds. The van der Waals surface area contributed by atoms with Gasteiger partial charge in [-0.2, -0.15) is 0 Å². The maximum Gasteiger partial charge on any atom is 0.146 e. The average Bonchev–Trinajstić information content (AvgIpc) is 2.71. The van der Waals surface area contributed by atoms with Gasteiger partial charge in [-0.05, 0) is 37.5 Å². The zero-order valence-electron chi connectivity index (χ0n) is 9.19. The highest BCUT2D eigenvalue weighted by molar-refractivity contribution is 5.57. The molecule has 88 valence electrons. The van der Waals surface area contributed by atoms with E-state index in [4.69, 9.17) is 10.8 Å². The molecule has 3 nitrogen and oxygen atoms in total. The van der Waals surface area contributed by atoms with Crippen LogP contribution in [-0.4, -0.2) is 24.3 Å². The lowest BCUT2D eigenvalue weighted by Gasteiger charge is -2.26. The van der Waals surface area contributed by atoms with E-state index in [1.54, 1.807) is 12.1 Å². The van der Waals surface area contributed by atoms with E-state index in [1.807, 2.05) is 0 Å². The second kappa shape index (κ2) is 4.70. The summed E-state index contributed by atoms with van der Waals surface area (Å²) in [7, 11) is 0. The minimum Gasteiger partial charge on any atom is -0.396 e. The second-order valence-corrected chi connectivity index (χ2v) is 4.21. The van der Waals surface area contributed by atoms with Crippen LogP contribution in [0.25, 0.3) is 0 Å². The molecular weight excluding hydrogens is 207 g/mol. The Bertz CT molecular complexity index is 370. The lowest BCUT2D eigenvalue weighted by atomic mass is 10.1. The van der Waals surface area contributed by atoms with E-state index >= 15 is 0 Å². The Morgan fingerprint density at radius 1 is 1.50 bits per heavy atom. The summed E-state index contributed by atoms with van der Waals surface area (Å²) in [5.41, 5.74) is 6.70. The molecule has 2 rings (SSSR count). The molecule has 1 aromatic rings. The first-order chi connectivity index (χ1) is 7.72. The molecule has 0 aromatic heterocycles. The van der Waals surface area contributed by atoms with E-state index in [0.717, 1.165) is 31.5 Å². The summed E-state index contributed by atoms with van der Waals surface area (Å²) in [4.78, 5) is 2.20. The quantitative estimate of drug-likeness (QED) is 0.769.